The molecule has 3 aliphatic heterocycles. The van der Waals surface area contributed by atoms with Crippen LogP contribution < -0.4 is 21.3 Å². The number of nitrogens with one attached hydrogen (secondary N) is 4. The van der Waals surface area contributed by atoms with E-state index < -0.39 is 64.3 Å². The van der Waals surface area contributed by atoms with Crippen molar-refractivity contribution in [2.24, 2.45) is 17.3 Å². The molecule has 15 heteroatoms. The minimum absolute atomic E-state index is 0.0141. The number of rotatable bonds is 10. The van der Waals surface area contributed by atoms with Crippen LogP contribution in [0.3, 0.4) is 0 Å². The zero-order chi connectivity index (χ0) is 36.7. The van der Waals surface area contributed by atoms with E-state index >= 15 is 0 Å². The summed E-state index contributed by atoms with van der Waals surface area (Å²) in [5.74, 6) is -3.34. The summed E-state index contributed by atoms with van der Waals surface area (Å²) < 4.78 is 5.03. The summed E-state index contributed by atoms with van der Waals surface area (Å²) in [6.45, 7) is 9.90. The molecule has 0 bridgehead atoms. The molecule has 2 saturated carbocycles. The van der Waals surface area contributed by atoms with Gasteiger partial charge >= 0.3 is 5.97 Å². The van der Waals surface area contributed by atoms with Crippen molar-refractivity contribution in [3.05, 3.63) is 36.9 Å². The number of carbonyl (C=O) groups excluding carboxylic acids is 6. The molecule has 4 N–H and O–H groups in total. The fourth-order valence-electron chi connectivity index (χ4n) is 8.62. The van der Waals surface area contributed by atoms with Gasteiger partial charge in [0.05, 0.1) is 25.9 Å². The fraction of sp³-hybridized carbons (Fsp3) is 0.667. The molecule has 1 aromatic rings. The molecule has 7 atom stereocenters. The van der Waals surface area contributed by atoms with Gasteiger partial charge in [-0.3, -0.25) is 33.9 Å². The highest BCUT2D eigenvalue weighted by Gasteiger charge is 2.64. The molecule has 2 unspecified atom stereocenters. The van der Waals surface area contributed by atoms with Gasteiger partial charge in [0.2, 0.25) is 23.6 Å². The Labute approximate surface area is 298 Å². The van der Waals surface area contributed by atoms with Crippen LogP contribution in [0.25, 0.3) is 0 Å². The molecule has 5 amide bonds. The second kappa shape index (κ2) is 14.0. The Kier molecular flexibility index (Phi) is 9.96. The summed E-state index contributed by atoms with van der Waals surface area (Å²) in [4.78, 5) is 94.2. The van der Waals surface area contributed by atoms with Crippen LogP contribution in [0.15, 0.2) is 31.2 Å². The lowest BCUT2D eigenvalue weighted by atomic mass is 9.82. The molecular weight excluding hydrogens is 656 g/mol. The van der Waals surface area contributed by atoms with Gasteiger partial charge in [-0.1, -0.05) is 46.1 Å². The molecule has 6 rings (SSSR count). The summed E-state index contributed by atoms with van der Waals surface area (Å²) in [5.41, 5.74) is -3.04. The number of hydrogen-bond donors (Lipinski definition) is 4. The summed E-state index contributed by atoms with van der Waals surface area (Å²) in [7, 11) is 1.25. The smallest absolute Gasteiger partial charge is 0.332 e. The lowest BCUT2D eigenvalue weighted by Crippen LogP contribution is -2.62. The molecule has 2 aliphatic carbocycles. The van der Waals surface area contributed by atoms with Crippen molar-refractivity contribution in [2.75, 3.05) is 20.2 Å². The predicted octanol–water partition coefficient (Wildman–Crippen LogP) is 0.812. The van der Waals surface area contributed by atoms with Gasteiger partial charge in [-0.2, -0.15) is 0 Å². The third-order valence-electron chi connectivity index (χ3n) is 11.5. The molecule has 5 fully saturated rings. The summed E-state index contributed by atoms with van der Waals surface area (Å²) >= 11 is 0. The average Bonchev–Trinajstić information content (AvgIpc) is 3.39. The van der Waals surface area contributed by atoms with E-state index in [0.717, 1.165) is 38.5 Å². The first-order valence-electron chi connectivity index (χ1n) is 18.0. The van der Waals surface area contributed by atoms with Crippen LogP contribution in [0.4, 0.5) is 0 Å². The van der Waals surface area contributed by atoms with E-state index in [-0.39, 0.29) is 42.4 Å². The van der Waals surface area contributed by atoms with Gasteiger partial charge < -0.3 is 30.9 Å². The van der Waals surface area contributed by atoms with Crippen LogP contribution in [0.1, 0.15) is 89.0 Å². The zero-order valence-electron chi connectivity index (χ0n) is 29.9. The van der Waals surface area contributed by atoms with E-state index in [4.69, 9.17) is 4.74 Å². The molecule has 3 saturated heterocycles. The van der Waals surface area contributed by atoms with E-state index in [1.165, 1.54) is 30.6 Å². The van der Waals surface area contributed by atoms with Gasteiger partial charge in [0.15, 0.2) is 0 Å². The van der Waals surface area contributed by atoms with E-state index in [0.29, 0.717) is 19.4 Å². The number of ether oxygens (including phenoxy) is 1. The highest BCUT2D eigenvalue weighted by Crippen LogP contribution is 2.46. The maximum absolute atomic E-state index is 14.9. The van der Waals surface area contributed by atoms with Crippen LogP contribution >= 0.6 is 0 Å². The monoisotopic (exact) mass is 706 g/mol. The van der Waals surface area contributed by atoms with Crippen LogP contribution in [0.2, 0.25) is 0 Å². The Morgan fingerprint density at radius 1 is 1.06 bits per heavy atom. The molecule has 5 aliphatic rings. The normalized spacial score (nSPS) is 30.2. The van der Waals surface area contributed by atoms with Gasteiger partial charge in [-0.05, 0) is 43.4 Å². The van der Waals surface area contributed by atoms with E-state index in [1.807, 2.05) is 20.8 Å². The highest BCUT2D eigenvalue weighted by molar-refractivity contribution is 5.99. The first-order chi connectivity index (χ1) is 24.2. The van der Waals surface area contributed by atoms with Gasteiger partial charge in [-0.15, -0.1) is 6.58 Å². The number of methoxy groups -OCH3 is 1. The standard InChI is InChI=1S/C36H50N8O7/c1-6-22-17-36(22,33(50)51-5)42-30(47)25-18-35(41-29(46)24-13-10-16-44(24)35)20-43(25)32(49)27(34(2,3)4)40-31(48)26(21-11-8-7-9-12-21)39-28(45)23-19-37-14-15-38-23/h6,14-15,19,21-22,24-27H,1,7-13,16-18,20H2,2-5H3,(H,39,45)(H,40,48)(H,41,46)(H,42,47)/t22-,24+,25+,26+,27?,35?,36-/m1/s1. The lowest BCUT2D eigenvalue weighted by Gasteiger charge is -2.38. The van der Waals surface area contributed by atoms with E-state index in [2.05, 4.69) is 42.7 Å². The number of fused-ring (bicyclic) bond motifs is 2. The van der Waals surface area contributed by atoms with Crippen LogP contribution in [-0.4, -0.2) is 111 Å². The Bertz CT molecular complexity index is 1580. The SMILES string of the molecule is C=C[C@@H]1C[C@]1(NC(=O)[C@@H]1CC2(CN1C(=O)C(NC(=O)[C@@H](NC(=O)c1cnccn1)C1CCCCC1)C(C)(C)C)NC(=O)[C@@H]1CCCN12)C(=O)OC. The topological polar surface area (TPSA) is 192 Å². The molecule has 276 valence electrons. The summed E-state index contributed by atoms with van der Waals surface area (Å²) in [6.07, 6.45) is 12.0. The summed E-state index contributed by atoms with van der Waals surface area (Å²) in [5, 5.41) is 11.9. The third-order valence-corrected chi connectivity index (χ3v) is 11.5. The first-order valence-corrected chi connectivity index (χ1v) is 18.0. The van der Waals surface area contributed by atoms with Crippen molar-refractivity contribution in [3.63, 3.8) is 0 Å². The molecule has 15 nitrogen and oxygen atoms in total. The number of carbonyl (C=O) groups is 6. The third kappa shape index (κ3) is 6.84. The number of nitrogens with zero attached hydrogens (tertiary/aromatic N) is 4. The van der Waals surface area contributed by atoms with Crippen molar-refractivity contribution in [1.82, 2.24) is 41.0 Å². The predicted molar refractivity (Wildman–Crippen MR) is 183 cm³/mol. The maximum atomic E-state index is 14.9. The van der Waals surface area contributed by atoms with Crippen molar-refractivity contribution >= 4 is 35.5 Å². The van der Waals surface area contributed by atoms with E-state index in [9.17, 15) is 28.8 Å². The van der Waals surface area contributed by atoms with Crippen molar-refractivity contribution < 1.29 is 33.5 Å². The van der Waals surface area contributed by atoms with Gasteiger partial charge in [-0.25, -0.2) is 9.78 Å². The lowest BCUT2D eigenvalue weighted by molar-refractivity contribution is -0.149. The minimum Gasteiger partial charge on any atom is -0.467 e. The maximum Gasteiger partial charge on any atom is 0.332 e. The Morgan fingerprint density at radius 2 is 1.80 bits per heavy atom. The van der Waals surface area contributed by atoms with Crippen LogP contribution in [0, 0.1) is 17.3 Å². The highest BCUT2D eigenvalue weighted by atomic mass is 16.5. The van der Waals surface area contributed by atoms with Gasteiger partial charge in [0.25, 0.3) is 5.91 Å². The van der Waals surface area contributed by atoms with Crippen LogP contribution in [-0.2, 0) is 28.7 Å². The molecule has 0 radical (unpaired) electrons. The molecule has 51 heavy (non-hydrogen) atoms. The van der Waals surface area contributed by atoms with Gasteiger partial charge in [0.1, 0.15) is 35.0 Å². The second-order valence-corrected chi connectivity index (χ2v) is 15.8. The first kappa shape index (κ1) is 36.4. The molecule has 1 aromatic heterocycles. The number of hydrogen-bond acceptors (Lipinski definition) is 10. The number of esters is 1. The molecule has 4 heterocycles. The zero-order valence-corrected chi connectivity index (χ0v) is 29.9. The van der Waals surface area contributed by atoms with E-state index in [1.54, 1.807) is 6.08 Å². The van der Waals surface area contributed by atoms with Crippen LogP contribution in [0.5, 0.6) is 0 Å². The molecule has 1 spiro atoms. The minimum atomic E-state index is -1.29. The van der Waals surface area contributed by atoms with Gasteiger partial charge in [0, 0.05) is 31.3 Å². The van der Waals surface area contributed by atoms with Crippen molar-refractivity contribution in [3.8, 4) is 0 Å². The number of likely N-dealkylation sites (tertiary alicyclic amines) is 1. The average molecular weight is 707 g/mol. The fourth-order valence-corrected chi connectivity index (χ4v) is 8.62. The van der Waals surface area contributed by atoms with Crippen molar-refractivity contribution in [2.45, 2.75) is 114 Å². The Hall–Kier alpha value is -4.40. The number of aromatic nitrogens is 2. The summed E-state index contributed by atoms with van der Waals surface area (Å²) in [6, 6.07) is -3.48. The Morgan fingerprint density at radius 3 is 2.43 bits per heavy atom. The Balaban J connectivity index is 1.29. The largest absolute Gasteiger partial charge is 0.467 e. The van der Waals surface area contributed by atoms with Crippen molar-refractivity contribution in [1.29, 1.82) is 0 Å². The second-order valence-electron chi connectivity index (χ2n) is 15.8. The molecule has 0 aromatic carbocycles. The quantitative estimate of drug-likeness (QED) is 0.200. The molecular formula is C36H50N8O7. The number of amides is 5.